The number of benzene rings is 1. The standard InChI is InChI=1S/C20H26ClN3O2/c1-2-3-4-5-6-12-18(25)24-13-8-11-17(24)20-22-19(23-26-20)15-9-7-10-16(21)14-15/h7,9-10,14,17H,2-6,8,11-13H2,1H3. The number of carbonyl (C=O) groups excluding carboxylic acids is 1. The maximum atomic E-state index is 12.6. The maximum Gasteiger partial charge on any atom is 0.249 e. The molecule has 1 aliphatic heterocycles. The third kappa shape index (κ3) is 4.64. The van der Waals surface area contributed by atoms with Crippen molar-refractivity contribution in [3.63, 3.8) is 0 Å². The van der Waals surface area contributed by atoms with E-state index in [-0.39, 0.29) is 11.9 Å². The first kappa shape index (κ1) is 18.9. The molecule has 0 radical (unpaired) electrons. The van der Waals surface area contributed by atoms with Crippen LogP contribution in [0.3, 0.4) is 0 Å². The van der Waals surface area contributed by atoms with Crippen LogP contribution in [-0.2, 0) is 4.79 Å². The average molecular weight is 376 g/mol. The summed E-state index contributed by atoms with van der Waals surface area (Å²) >= 11 is 6.03. The van der Waals surface area contributed by atoms with Crippen LogP contribution in [-0.4, -0.2) is 27.5 Å². The first-order valence-corrected chi connectivity index (χ1v) is 9.96. The third-order valence-corrected chi connectivity index (χ3v) is 5.11. The predicted molar refractivity (Wildman–Crippen MR) is 102 cm³/mol. The molecule has 3 rings (SSSR count). The van der Waals surface area contributed by atoms with Gasteiger partial charge in [-0.3, -0.25) is 4.79 Å². The van der Waals surface area contributed by atoms with Gasteiger partial charge in [-0.15, -0.1) is 0 Å². The van der Waals surface area contributed by atoms with Gasteiger partial charge < -0.3 is 9.42 Å². The minimum Gasteiger partial charge on any atom is -0.337 e. The van der Waals surface area contributed by atoms with Gasteiger partial charge in [-0.25, -0.2) is 0 Å². The summed E-state index contributed by atoms with van der Waals surface area (Å²) in [5, 5.41) is 4.71. The lowest BCUT2D eigenvalue weighted by atomic mass is 10.1. The Balaban J connectivity index is 1.62. The molecular weight excluding hydrogens is 350 g/mol. The van der Waals surface area contributed by atoms with Crippen LogP contribution in [0.1, 0.15) is 70.2 Å². The van der Waals surface area contributed by atoms with Gasteiger partial charge in [0.25, 0.3) is 0 Å². The van der Waals surface area contributed by atoms with E-state index in [1.54, 1.807) is 0 Å². The predicted octanol–water partition coefficient (Wildman–Crippen LogP) is 5.41. The Bertz CT molecular complexity index is 731. The number of amides is 1. The van der Waals surface area contributed by atoms with Crippen LogP contribution in [0, 0.1) is 0 Å². The molecule has 5 nitrogen and oxygen atoms in total. The number of unbranched alkanes of at least 4 members (excludes halogenated alkanes) is 4. The monoisotopic (exact) mass is 375 g/mol. The van der Waals surface area contributed by atoms with Gasteiger partial charge >= 0.3 is 0 Å². The molecule has 1 amide bonds. The smallest absolute Gasteiger partial charge is 0.249 e. The van der Waals surface area contributed by atoms with E-state index in [4.69, 9.17) is 16.1 Å². The highest BCUT2D eigenvalue weighted by atomic mass is 35.5. The van der Waals surface area contributed by atoms with E-state index in [1.807, 2.05) is 29.2 Å². The van der Waals surface area contributed by atoms with Crippen molar-refractivity contribution in [3.05, 3.63) is 35.2 Å². The fourth-order valence-electron chi connectivity index (χ4n) is 3.46. The molecule has 0 aliphatic carbocycles. The summed E-state index contributed by atoms with van der Waals surface area (Å²) in [6, 6.07) is 7.28. The molecule has 1 aliphatic rings. The van der Waals surface area contributed by atoms with Gasteiger partial charge in [-0.2, -0.15) is 4.98 Å². The molecule has 2 aromatic rings. The van der Waals surface area contributed by atoms with E-state index < -0.39 is 0 Å². The molecule has 26 heavy (non-hydrogen) atoms. The van der Waals surface area contributed by atoms with Crippen LogP contribution >= 0.6 is 11.6 Å². The molecule has 0 bridgehead atoms. The first-order chi connectivity index (χ1) is 12.7. The number of nitrogens with zero attached hydrogens (tertiary/aromatic N) is 3. The molecule has 2 heterocycles. The molecule has 0 N–H and O–H groups in total. The molecular formula is C20H26ClN3O2. The normalized spacial score (nSPS) is 17.0. The van der Waals surface area contributed by atoms with Crippen molar-refractivity contribution in [2.75, 3.05) is 6.54 Å². The van der Waals surface area contributed by atoms with E-state index in [1.165, 1.54) is 19.3 Å². The number of hydrogen-bond donors (Lipinski definition) is 0. The number of likely N-dealkylation sites (tertiary alicyclic amines) is 1. The topological polar surface area (TPSA) is 59.2 Å². The second-order valence-corrected chi connectivity index (χ2v) is 7.31. The zero-order chi connectivity index (χ0) is 18.4. The number of aromatic nitrogens is 2. The number of carbonyl (C=O) groups is 1. The fraction of sp³-hybridized carbons (Fsp3) is 0.550. The molecule has 6 heteroatoms. The molecule has 1 aromatic heterocycles. The van der Waals surface area contributed by atoms with Gasteiger partial charge in [0.05, 0.1) is 0 Å². The van der Waals surface area contributed by atoms with E-state index in [0.717, 1.165) is 37.8 Å². The molecule has 0 spiro atoms. The van der Waals surface area contributed by atoms with Crippen molar-refractivity contribution in [2.45, 2.75) is 64.3 Å². The zero-order valence-electron chi connectivity index (χ0n) is 15.3. The molecule has 1 atom stereocenters. The van der Waals surface area contributed by atoms with E-state index >= 15 is 0 Å². The van der Waals surface area contributed by atoms with Crippen LogP contribution in [0.4, 0.5) is 0 Å². The molecule has 140 valence electrons. The summed E-state index contributed by atoms with van der Waals surface area (Å²) in [6.45, 7) is 2.97. The number of hydrogen-bond acceptors (Lipinski definition) is 4. The SMILES string of the molecule is CCCCCCCC(=O)N1CCCC1c1nc(-c2cccc(Cl)c2)no1. The lowest BCUT2D eigenvalue weighted by molar-refractivity contribution is -0.132. The Kier molecular flexibility index (Phi) is 6.67. The van der Waals surface area contributed by atoms with Gasteiger partial charge in [-0.05, 0) is 31.4 Å². The van der Waals surface area contributed by atoms with E-state index in [0.29, 0.717) is 23.2 Å². The molecule has 1 aromatic carbocycles. The third-order valence-electron chi connectivity index (χ3n) is 4.88. The molecule has 1 saturated heterocycles. The lowest BCUT2D eigenvalue weighted by Crippen LogP contribution is -2.30. The summed E-state index contributed by atoms with van der Waals surface area (Å²) in [6.07, 6.45) is 8.20. The average Bonchev–Trinajstić information content (AvgIpc) is 3.30. The maximum absolute atomic E-state index is 12.6. The van der Waals surface area contributed by atoms with Gasteiger partial charge in [0.2, 0.25) is 17.6 Å². The van der Waals surface area contributed by atoms with Crippen LogP contribution < -0.4 is 0 Å². The van der Waals surface area contributed by atoms with Crippen LogP contribution in [0.25, 0.3) is 11.4 Å². The summed E-state index contributed by atoms with van der Waals surface area (Å²) in [5.74, 6) is 1.24. The molecule has 1 fully saturated rings. The second-order valence-electron chi connectivity index (χ2n) is 6.88. The van der Waals surface area contributed by atoms with Crippen molar-refractivity contribution < 1.29 is 9.32 Å². The van der Waals surface area contributed by atoms with Crippen molar-refractivity contribution in [3.8, 4) is 11.4 Å². The number of halogens is 1. The quantitative estimate of drug-likeness (QED) is 0.578. The summed E-state index contributed by atoms with van der Waals surface area (Å²) in [7, 11) is 0. The van der Waals surface area contributed by atoms with Crippen LogP contribution in [0.15, 0.2) is 28.8 Å². The Hall–Kier alpha value is -1.88. The van der Waals surface area contributed by atoms with Gasteiger partial charge in [0.1, 0.15) is 6.04 Å². The van der Waals surface area contributed by atoms with Crippen LogP contribution in [0.5, 0.6) is 0 Å². The Labute approximate surface area is 159 Å². The Morgan fingerprint density at radius 1 is 1.31 bits per heavy atom. The molecule has 1 unspecified atom stereocenters. The minimum atomic E-state index is -0.0985. The summed E-state index contributed by atoms with van der Waals surface area (Å²) < 4.78 is 5.48. The van der Waals surface area contributed by atoms with Crippen molar-refractivity contribution in [1.82, 2.24) is 15.0 Å². The highest BCUT2D eigenvalue weighted by Crippen LogP contribution is 2.33. The van der Waals surface area contributed by atoms with Crippen molar-refractivity contribution in [1.29, 1.82) is 0 Å². The van der Waals surface area contributed by atoms with Crippen molar-refractivity contribution >= 4 is 17.5 Å². The van der Waals surface area contributed by atoms with Crippen LogP contribution in [0.2, 0.25) is 5.02 Å². The Morgan fingerprint density at radius 3 is 2.96 bits per heavy atom. The molecule has 0 saturated carbocycles. The van der Waals surface area contributed by atoms with E-state index in [9.17, 15) is 4.79 Å². The highest BCUT2D eigenvalue weighted by molar-refractivity contribution is 6.30. The minimum absolute atomic E-state index is 0.0985. The summed E-state index contributed by atoms with van der Waals surface area (Å²) in [5.41, 5.74) is 0.819. The zero-order valence-corrected chi connectivity index (χ0v) is 16.0. The van der Waals surface area contributed by atoms with Crippen molar-refractivity contribution in [2.24, 2.45) is 0 Å². The fourth-order valence-corrected chi connectivity index (χ4v) is 3.65. The second kappa shape index (κ2) is 9.17. The van der Waals surface area contributed by atoms with E-state index in [2.05, 4.69) is 17.1 Å². The van der Waals surface area contributed by atoms with Gasteiger partial charge in [0, 0.05) is 23.6 Å². The lowest BCUT2D eigenvalue weighted by Gasteiger charge is -2.21. The number of rotatable bonds is 8. The highest BCUT2D eigenvalue weighted by Gasteiger charge is 2.33. The summed E-state index contributed by atoms with van der Waals surface area (Å²) in [4.78, 5) is 19.0. The van der Waals surface area contributed by atoms with Gasteiger partial charge in [-0.1, -0.05) is 61.5 Å². The largest absolute Gasteiger partial charge is 0.337 e. The first-order valence-electron chi connectivity index (χ1n) is 9.58. The van der Waals surface area contributed by atoms with Gasteiger partial charge in [0.15, 0.2) is 0 Å². The Morgan fingerprint density at radius 2 is 2.15 bits per heavy atom.